The molecule has 0 radical (unpaired) electrons. The summed E-state index contributed by atoms with van der Waals surface area (Å²) in [5, 5.41) is 13.0. The average molecular weight is 350 g/mol. The smallest absolute Gasteiger partial charge is 0.433 e. The van der Waals surface area contributed by atoms with Crippen molar-refractivity contribution in [3.05, 3.63) is 46.2 Å². The first-order valence-electron chi connectivity index (χ1n) is 6.88. The van der Waals surface area contributed by atoms with Crippen molar-refractivity contribution in [2.45, 2.75) is 0 Å². The lowest BCUT2D eigenvalue weighted by Gasteiger charge is -2.11. The lowest BCUT2D eigenvalue weighted by molar-refractivity contribution is -0.402. The maximum Gasteiger partial charge on any atom is 0.433 e. The number of ether oxygens (including phenoxy) is 3. The molecule has 0 atom stereocenters. The molecular formula is C15H14N2O8. The number of amides is 1. The summed E-state index contributed by atoms with van der Waals surface area (Å²) in [4.78, 5) is 33.2. The molecule has 0 aliphatic rings. The molecule has 0 unspecified atom stereocenters. The van der Waals surface area contributed by atoms with Gasteiger partial charge in [0.2, 0.25) is 5.76 Å². The first kappa shape index (κ1) is 17.8. The highest BCUT2D eigenvalue weighted by atomic mass is 16.7. The van der Waals surface area contributed by atoms with Gasteiger partial charge in [0, 0.05) is 6.07 Å². The van der Waals surface area contributed by atoms with E-state index in [0.717, 1.165) is 12.1 Å². The van der Waals surface area contributed by atoms with E-state index in [1.165, 1.54) is 14.2 Å². The van der Waals surface area contributed by atoms with Gasteiger partial charge in [-0.1, -0.05) is 0 Å². The minimum absolute atomic E-state index is 0.359. The highest BCUT2D eigenvalue weighted by molar-refractivity contribution is 5.95. The molecule has 1 amide bonds. The molecule has 2 rings (SSSR count). The Morgan fingerprint density at radius 2 is 1.96 bits per heavy atom. The zero-order chi connectivity index (χ0) is 18.4. The van der Waals surface area contributed by atoms with Crippen molar-refractivity contribution in [1.29, 1.82) is 0 Å². The number of nitrogens with zero attached hydrogens (tertiary/aromatic N) is 1. The Bertz CT molecular complexity index is 799. The predicted octanol–water partition coefficient (Wildman–Crippen LogP) is 2.00. The molecule has 0 bridgehead atoms. The van der Waals surface area contributed by atoms with Crippen LogP contribution >= 0.6 is 0 Å². The maximum atomic E-state index is 11.9. The Hall–Kier alpha value is -3.56. The first-order valence-corrected chi connectivity index (χ1v) is 6.88. The van der Waals surface area contributed by atoms with Crippen molar-refractivity contribution in [2.24, 2.45) is 0 Å². The minimum Gasteiger partial charge on any atom is -0.497 e. The topological polar surface area (TPSA) is 130 Å². The third kappa shape index (κ3) is 4.47. The molecule has 0 aliphatic carbocycles. The molecule has 0 saturated carbocycles. The Kier molecular flexibility index (Phi) is 5.56. The minimum atomic E-state index is -0.995. The monoisotopic (exact) mass is 350 g/mol. The SMILES string of the molecule is COc1ccc(NC(=O)COC(=O)c2ccc([N+](=O)[O-])o2)c(OC)c1. The Labute approximate surface area is 141 Å². The number of methoxy groups -OCH3 is 2. The van der Waals surface area contributed by atoms with Gasteiger partial charge in [0.05, 0.1) is 26.0 Å². The van der Waals surface area contributed by atoms with E-state index in [1.807, 2.05) is 0 Å². The number of esters is 1. The molecule has 25 heavy (non-hydrogen) atoms. The van der Waals surface area contributed by atoms with Gasteiger partial charge in [-0.2, -0.15) is 0 Å². The normalized spacial score (nSPS) is 10.0. The predicted molar refractivity (Wildman–Crippen MR) is 83.8 cm³/mol. The van der Waals surface area contributed by atoms with Gasteiger partial charge in [-0.15, -0.1) is 0 Å². The van der Waals surface area contributed by atoms with Crippen molar-refractivity contribution >= 4 is 23.4 Å². The van der Waals surface area contributed by atoms with E-state index in [2.05, 4.69) is 9.73 Å². The van der Waals surface area contributed by atoms with E-state index in [9.17, 15) is 19.7 Å². The fraction of sp³-hybridized carbons (Fsp3) is 0.200. The summed E-state index contributed by atoms with van der Waals surface area (Å²) < 4.78 is 19.6. The van der Waals surface area contributed by atoms with E-state index in [0.29, 0.717) is 17.2 Å². The van der Waals surface area contributed by atoms with Crippen molar-refractivity contribution in [1.82, 2.24) is 0 Å². The van der Waals surface area contributed by atoms with Crippen LogP contribution in [0.5, 0.6) is 11.5 Å². The number of carbonyl (C=O) groups excluding carboxylic acids is 2. The zero-order valence-corrected chi connectivity index (χ0v) is 13.3. The van der Waals surface area contributed by atoms with E-state index >= 15 is 0 Å². The molecule has 1 N–H and O–H groups in total. The van der Waals surface area contributed by atoms with Gasteiger partial charge in [0.15, 0.2) is 6.61 Å². The van der Waals surface area contributed by atoms with Crippen molar-refractivity contribution in [2.75, 3.05) is 26.1 Å². The van der Waals surface area contributed by atoms with E-state index in [-0.39, 0.29) is 5.76 Å². The van der Waals surface area contributed by atoms with Crippen LogP contribution in [0.25, 0.3) is 0 Å². The van der Waals surface area contributed by atoms with Crippen LogP contribution in [0, 0.1) is 10.1 Å². The molecule has 0 aliphatic heterocycles. The van der Waals surface area contributed by atoms with Crippen LogP contribution in [0.4, 0.5) is 11.6 Å². The summed E-state index contributed by atoms with van der Waals surface area (Å²) in [6.45, 7) is -0.609. The maximum absolute atomic E-state index is 11.9. The lowest BCUT2D eigenvalue weighted by atomic mass is 10.2. The first-order chi connectivity index (χ1) is 11.9. The van der Waals surface area contributed by atoms with Gasteiger partial charge in [-0.3, -0.25) is 14.9 Å². The number of carbonyl (C=O) groups is 2. The summed E-state index contributed by atoms with van der Waals surface area (Å²) in [7, 11) is 2.92. The second-order valence-corrected chi connectivity index (χ2v) is 4.59. The molecule has 10 nitrogen and oxygen atoms in total. The number of hydrogen-bond donors (Lipinski definition) is 1. The average Bonchev–Trinajstić information content (AvgIpc) is 3.10. The van der Waals surface area contributed by atoms with Crippen LogP contribution in [0.3, 0.4) is 0 Å². The van der Waals surface area contributed by atoms with Crippen molar-refractivity contribution in [3.63, 3.8) is 0 Å². The van der Waals surface area contributed by atoms with Crippen molar-refractivity contribution in [3.8, 4) is 11.5 Å². The standard InChI is InChI=1S/C15H14N2O8/c1-22-9-3-4-10(12(7-9)23-2)16-13(18)8-24-15(19)11-5-6-14(25-11)17(20)21/h3-7H,8H2,1-2H3,(H,16,18). The number of hydrogen-bond acceptors (Lipinski definition) is 8. The second kappa shape index (κ2) is 7.81. The fourth-order valence-electron chi connectivity index (χ4n) is 1.83. The number of benzene rings is 1. The molecule has 2 aromatic rings. The molecule has 0 fully saturated rings. The summed E-state index contributed by atoms with van der Waals surface area (Å²) in [6.07, 6.45) is 0. The molecule has 1 heterocycles. The van der Waals surface area contributed by atoms with Gasteiger partial charge < -0.3 is 23.9 Å². The van der Waals surface area contributed by atoms with Crippen LogP contribution < -0.4 is 14.8 Å². The van der Waals surface area contributed by atoms with Crippen LogP contribution in [0.2, 0.25) is 0 Å². The highest BCUT2D eigenvalue weighted by Crippen LogP contribution is 2.28. The van der Waals surface area contributed by atoms with Crippen LogP contribution in [0.15, 0.2) is 34.7 Å². The third-order valence-electron chi connectivity index (χ3n) is 2.99. The van der Waals surface area contributed by atoms with Crippen LogP contribution in [-0.4, -0.2) is 37.6 Å². The van der Waals surface area contributed by atoms with E-state index < -0.39 is 29.3 Å². The molecule has 132 valence electrons. The highest BCUT2D eigenvalue weighted by Gasteiger charge is 2.19. The summed E-state index contributed by atoms with van der Waals surface area (Å²) in [5.74, 6) is -1.69. The zero-order valence-electron chi connectivity index (χ0n) is 13.3. The van der Waals surface area contributed by atoms with Gasteiger partial charge in [-0.25, -0.2) is 4.79 Å². The van der Waals surface area contributed by atoms with Gasteiger partial charge in [-0.05, 0) is 18.2 Å². The van der Waals surface area contributed by atoms with Gasteiger partial charge in [0.1, 0.15) is 16.4 Å². The Morgan fingerprint density at radius 1 is 1.20 bits per heavy atom. The van der Waals surface area contributed by atoms with Gasteiger partial charge >= 0.3 is 11.9 Å². The summed E-state index contributed by atoms with van der Waals surface area (Å²) >= 11 is 0. The molecular weight excluding hydrogens is 336 g/mol. The molecule has 0 spiro atoms. The second-order valence-electron chi connectivity index (χ2n) is 4.59. The molecule has 0 saturated heterocycles. The van der Waals surface area contributed by atoms with Gasteiger partial charge in [0.25, 0.3) is 5.91 Å². The number of nitro groups is 1. The van der Waals surface area contributed by atoms with Crippen LogP contribution in [-0.2, 0) is 9.53 Å². The van der Waals surface area contributed by atoms with Crippen LogP contribution in [0.1, 0.15) is 10.6 Å². The molecule has 1 aromatic heterocycles. The number of furan rings is 1. The lowest BCUT2D eigenvalue weighted by Crippen LogP contribution is -2.21. The van der Waals surface area contributed by atoms with E-state index in [1.54, 1.807) is 18.2 Å². The Balaban J connectivity index is 1.94. The fourth-order valence-corrected chi connectivity index (χ4v) is 1.83. The molecule has 1 aromatic carbocycles. The summed E-state index contributed by atoms with van der Waals surface area (Å²) in [5.41, 5.74) is 0.359. The summed E-state index contributed by atoms with van der Waals surface area (Å²) in [6, 6.07) is 6.85. The number of nitrogens with one attached hydrogen (secondary N) is 1. The number of rotatable bonds is 7. The number of anilines is 1. The largest absolute Gasteiger partial charge is 0.497 e. The van der Waals surface area contributed by atoms with E-state index in [4.69, 9.17) is 14.2 Å². The quantitative estimate of drug-likeness (QED) is 0.456. The van der Waals surface area contributed by atoms with Crippen molar-refractivity contribution < 1.29 is 33.1 Å². The third-order valence-corrected chi connectivity index (χ3v) is 2.99. The molecule has 10 heteroatoms. The Morgan fingerprint density at radius 3 is 2.56 bits per heavy atom.